The lowest BCUT2D eigenvalue weighted by molar-refractivity contribution is 0.122. The predicted molar refractivity (Wildman–Crippen MR) is 102 cm³/mol. The Morgan fingerprint density at radius 2 is 1.48 bits per heavy atom. The summed E-state index contributed by atoms with van der Waals surface area (Å²) in [6.07, 6.45) is 0. The van der Waals surface area contributed by atoms with Gasteiger partial charge in [-0.05, 0) is 29.3 Å². The van der Waals surface area contributed by atoms with Crippen molar-refractivity contribution in [2.24, 2.45) is 0 Å². The van der Waals surface area contributed by atoms with Crippen LogP contribution in [0, 0.1) is 0 Å². The van der Waals surface area contributed by atoms with Gasteiger partial charge in [0.1, 0.15) is 0 Å². The zero-order valence-electron chi connectivity index (χ0n) is 14.9. The maximum Gasteiger partial charge on any atom is 0.161 e. The smallest absolute Gasteiger partial charge is 0.161 e. The highest BCUT2D eigenvalue weighted by Gasteiger charge is 2.18. The van der Waals surface area contributed by atoms with E-state index in [0.717, 1.165) is 55.8 Å². The maximum absolute atomic E-state index is 6.27. The largest absolute Gasteiger partial charge is 0.493 e. The van der Waals surface area contributed by atoms with E-state index >= 15 is 0 Å². The molecule has 1 fully saturated rings. The molecule has 3 rings (SSSR count). The molecule has 0 spiro atoms. The summed E-state index contributed by atoms with van der Waals surface area (Å²) >= 11 is 6.27. The van der Waals surface area contributed by atoms with Gasteiger partial charge in [-0.2, -0.15) is 0 Å². The summed E-state index contributed by atoms with van der Waals surface area (Å²) in [7, 11) is 3.34. The van der Waals surface area contributed by atoms with Crippen molar-refractivity contribution in [3.8, 4) is 11.5 Å². The number of hydrogen-bond donors (Lipinski definition) is 0. The van der Waals surface area contributed by atoms with E-state index < -0.39 is 0 Å². The van der Waals surface area contributed by atoms with Gasteiger partial charge in [0, 0.05) is 44.3 Å². The topological polar surface area (TPSA) is 24.9 Å². The van der Waals surface area contributed by atoms with Gasteiger partial charge >= 0.3 is 0 Å². The molecule has 0 bridgehead atoms. The van der Waals surface area contributed by atoms with Crippen LogP contribution in [0.15, 0.2) is 42.5 Å². The third kappa shape index (κ3) is 4.66. The van der Waals surface area contributed by atoms with E-state index in [4.69, 9.17) is 21.1 Å². The molecule has 0 amide bonds. The zero-order valence-corrected chi connectivity index (χ0v) is 15.6. The van der Waals surface area contributed by atoms with Gasteiger partial charge in [0.15, 0.2) is 11.5 Å². The van der Waals surface area contributed by atoms with E-state index in [9.17, 15) is 0 Å². The fourth-order valence-corrected chi connectivity index (χ4v) is 3.41. The van der Waals surface area contributed by atoms with Gasteiger partial charge in [-0.3, -0.25) is 9.80 Å². The molecular weight excluding hydrogens is 336 g/mol. The first-order chi connectivity index (χ1) is 12.2. The lowest BCUT2D eigenvalue weighted by atomic mass is 10.1. The lowest BCUT2D eigenvalue weighted by Gasteiger charge is -2.35. The molecule has 0 N–H and O–H groups in total. The number of halogens is 1. The Labute approximate surface area is 154 Å². The fourth-order valence-electron chi connectivity index (χ4n) is 3.21. The molecular formula is C20H25ClN2O2. The Balaban J connectivity index is 1.53. The quantitative estimate of drug-likeness (QED) is 0.784. The summed E-state index contributed by atoms with van der Waals surface area (Å²) in [4.78, 5) is 4.94. The third-order valence-electron chi connectivity index (χ3n) is 4.67. The van der Waals surface area contributed by atoms with E-state index in [1.807, 2.05) is 18.2 Å². The molecule has 0 saturated carbocycles. The molecule has 2 aromatic carbocycles. The Morgan fingerprint density at radius 3 is 2.12 bits per heavy atom. The molecule has 25 heavy (non-hydrogen) atoms. The molecule has 1 saturated heterocycles. The van der Waals surface area contributed by atoms with Crippen LogP contribution in [0.4, 0.5) is 0 Å². The molecule has 0 aliphatic carbocycles. The molecule has 5 heteroatoms. The molecule has 0 radical (unpaired) electrons. The number of hydrogen-bond acceptors (Lipinski definition) is 4. The number of methoxy groups -OCH3 is 2. The van der Waals surface area contributed by atoms with Crippen LogP contribution in [0.1, 0.15) is 11.1 Å². The first kappa shape index (κ1) is 18.1. The summed E-state index contributed by atoms with van der Waals surface area (Å²) in [6, 6.07) is 14.2. The van der Waals surface area contributed by atoms with Crippen molar-refractivity contribution in [1.29, 1.82) is 0 Å². The lowest BCUT2D eigenvalue weighted by Crippen LogP contribution is -2.45. The number of rotatable bonds is 6. The highest BCUT2D eigenvalue weighted by Crippen LogP contribution is 2.28. The summed E-state index contributed by atoms with van der Waals surface area (Å²) < 4.78 is 10.7. The van der Waals surface area contributed by atoms with Crippen molar-refractivity contribution in [2.75, 3.05) is 40.4 Å². The highest BCUT2D eigenvalue weighted by molar-refractivity contribution is 6.31. The van der Waals surface area contributed by atoms with Crippen LogP contribution < -0.4 is 9.47 Å². The minimum Gasteiger partial charge on any atom is -0.493 e. The molecule has 1 heterocycles. The molecule has 134 valence electrons. The van der Waals surface area contributed by atoms with E-state index in [1.54, 1.807) is 14.2 Å². The molecule has 1 aliphatic heterocycles. The SMILES string of the molecule is COc1ccc(CN2CCN(Cc3ccccc3Cl)CC2)cc1OC. The predicted octanol–water partition coefficient (Wildman–Crippen LogP) is 3.68. The summed E-state index contributed by atoms with van der Waals surface area (Å²) in [5, 5.41) is 0.857. The second-order valence-electron chi connectivity index (χ2n) is 6.33. The average molecular weight is 361 g/mol. The maximum atomic E-state index is 6.27. The van der Waals surface area contributed by atoms with Gasteiger partial charge in [-0.15, -0.1) is 0 Å². The van der Waals surface area contributed by atoms with Crippen molar-refractivity contribution in [3.05, 3.63) is 58.6 Å². The van der Waals surface area contributed by atoms with Gasteiger partial charge < -0.3 is 9.47 Å². The van der Waals surface area contributed by atoms with Crippen LogP contribution >= 0.6 is 11.6 Å². The number of ether oxygens (including phenoxy) is 2. The summed E-state index contributed by atoms with van der Waals surface area (Å²) in [5.74, 6) is 1.56. The van der Waals surface area contributed by atoms with E-state index in [2.05, 4.69) is 34.1 Å². The van der Waals surface area contributed by atoms with Crippen molar-refractivity contribution in [2.45, 2.75) is 13.1 Å². The molecule has 0 unspecified atom stereocenters. The van der Waals surface area contributed by atoms with Crippen molar-refractivity contribution in [3.63, 3.8) is 0 Å². The summed E-state index contributed by atoms with van der Waals surface area (Å²) in [6.45, 7) is 6.07. The monoisotopic (exact) mass is 360 g/mol. The van der Waals surface area contributed by atoms with Crippen LogP contribution in [-0.2, 0) is 13.1 Å². The van der Waals surface area contributed by atoms with Crippen LogP contribution in [0.5, 0.6) is 11.5 Å². The normalized spacial score (nSPS) is 16.0. The molecule has 0 atom stereocenters. The van der Waals surface area contributed by atoms with Gasteiger partial charge in [0.2, 0.25) is 0 Å². The van der Waals surface area contributed by atoms with Crippen LogP contribution in [0.2, 0.25) is 5.02 Å². The fraction of sp³-hybridized carbons (Fsp3) is 0.400. The molecule has 2 aromatic rings. The first-order valence-electron chi connectivity index (χ1n) is 8.58. The second kappa shape index (κ2) is 8.56. The van der Waals surface area contributed by atoms with Gasteiger partial charge in [-0.1, -0.05) is 35.9 Å². The van der Waals surface area contributed by atoms with Gasteiger partial charge in [0.25, 0.3) is 0 Å². The number of piperazine rings is 1. The standard InChI is InChI=1S/C20H25ClN2O2/c1-24-19-8-7-16(13-20(19)25-2)14-22-9-11-23(12-10-22)15-17-5-3-4-6-18(17)21/h3-8,13H,9-12,14-15H2,1-2H3. The average Bonchev–Trinajstić information content (AvgIpc) is 2.65. The van der Waals surface area contributed by atoms with Crippen molar-refractivity contribution >= 4 is 11.6 Å². The number of nitrogens with zero attached hydrogens (tertiary/aromatic N) is 2. The minimum atomic E-state index is 0.774. The Morgan fingerprint density at radius 1 is 0.840 bits per heavy atom. The van der Waals surface area contributed by atoms with E-state index in [1.165, 1.54) is 11.1 Å². The van der Waals surface area contributed by atoms with E-state index in [0.29, 0.717) is 0 Å². The third-order valence-corrected chi connectivity index (χ3v) is 5.04. The van der Waals surface area contributed by atoms with Crippen LogP contribution in [0.3, 0.4) is 0 Å². The molecule has 0 aromatic heterocycles. The van der Waals surface area contributed by atoms with Crippen LogP contribution in [0.25, 0.3) is 0 Å². The van der Waals surface area contributed by atoms with E-state index in [-0.39, 0.29) is 0 Å². The number of benzene rings is 2. The molecule has 4 nitrogen and oxygen atoms in total. The Kier molecular flexibility index (Phi) is 6.19. The minimum absolute atomic E-state index is 0.774. The Hall–Kier alpha value is -1.75. The first-order valence-corrected chi connectivity index (χ1v) is 8.96. The van der Waals surface area contributed by atoms with Crippen molar-refractivity contribution < 1.29 is 9.47 Å². The highest BCUT2D eigenvalue weighted by atomic mass is 35.5. The Bertz CT molecular complexity index is 700. The second-order valence-corrected chi connectivity index (χ2v) is 6.74. The van der Waals surface area contributed by atoms with Gasteiger partial charge in [-0.25, -0.2) is 0 Å². The molecule has 1 aliphatic rings. The van der Waals surface area contributed by atoms with Crippen LogP contribution in [-0.4, -0.2) is 50.2 Å². The van der Waals surface area contributed by atoms with Gasteiger partial charge in [0.05, 0.1) is 14.2 Å². The zero-order chi connectivity index (χ0) is 17.6. The van der Waals surface area contributed by atoms with Crippen molar-refractivity contribution in [1.82, 2.24) is 9.80 Å². The summed E-state index contributed by atoms with van der Waals surface area (Å²) in [5.41, 5.74) is 2.45.